The normalized spacial score (nSPS) is 23.1. The first-order valence-electron chi connectivity index (χ1n) is 5.87. The molecule has 0 spiro atoms. The topological polar surface area (TPSA) is 64.4 Å². The SMILES string of the molecule is Cc1c(N)cc(Br)cc1C(=O)NC1(C)CCOC1. The average Bonchev–Trinajstić information content (AvgIpc) is 2.70. The van der Waals surface area contributed by atoms with Crippen LogP contribution in [0.4, 0.5) is 5.69 Å². The number of nitrogen functional groups attached to an aromatic ring is 1. The van der Waals surface area contributed by atoms with Crippen molar-refractivity contribution < 1.29 is 9.53 Å². The van der Waals surface area contributed by atoms with Gasteiger partial charge in [0.05, 0.1) is 12.1 Å². The van der Waals surface area contributed by atoms with Crippen LogP contribution < -0.4 is 11.1 Å². The summed E-state index contributed by atoms with van der Waals surface area (Å²) in [7, 11) is 0. The van der Waals surface area contributed by atoms with Crippen LogP contribution in [-0.4, -0.2) is 24.7 Å². The van der Waals surface area contributed by atoms with Crippen molar-refractivity contribution in [3.8, 4) is 0 Å². The van der Waals surface area contributed by atoms with E-state index in [2.05, 4.69) is 21.2 Å². The highest BCUT2D eigenvalue weighted by atomic mass is 79.9. The Labute approximate surface area is 115 Å². The van der Waals surface area contributed by atoms with Gasteiger partial charge in [-0.3, -0.25) is 4.79 Å². The summed E-state index contributed by atoms with van der Waals surface area (Å²) in [4.78, 5) is 12.3. The van der Waals surface area contributed by atoms with Crippen molar-refractivity contribution in [2.45, 2.75) is 25.8 Å². The Kier molecular flexibility index (Phi) is 3.64. The fourth-order valence-electron chi connectivity index (χ4n) is 2.04. The summed E-state index contributed by atoms with van der Waals surface area (Å²) in [5.74, 6) is -0.103. The van der Waals surface area contributed by atoms with Crippen LogP contribution in [0.5, 0.6) is 0 Å². The van der Waals surface area contributed by atoms with Crippen molar-refractivity contribution in [1.29, 1.82) is 0 Å². The third-order valence-corrected chi connectivity index (χ3v) is 3.75. The number of anilines is 1. The van der Waals surface area contributed by atoms with Gasteiger partial charge in [0.15, 0.2) is 0 Å². The first kappa shape index (κ1) is 13.4. The van der Waals surface area contributed by atoms with E-state index in [9.17, 15) is 4.79 Å². The third-order valence-electron chi connectivity index (χ3n) is 3.29. The number of carbonyl (C=O) groups excluding carboxylic acids is 1. The molecule has 1 aliphatic heterocycles. The molecule has 1 aliphatic rings. The summed E-state index contributed by atoms with van der Waals surface area (Å²) in [6, 6.07) is 3.59. The summed E-state index contributed by atoms with van der Waals surface area (Å²) in [5, 5.41) is 3.03. The molecule has 3 N–H and O–H groups in total. The van der Waals surface area contributed by atoms with Crippen LogP contribution in [0.15, 0.2) is 16.6 Å². The predicted octanol–water partition coefficient (Wildman–Crippen LogP) is 2.25. The Balaban J connectivity index is 2.23. The number of nitrogens with two attached hydrogens (primary N) is 1. The van der Waals surface area contributed by atoms with E-state index in [0.717, 1.165) is 16.5 Å². The molecule has 0 bridgehead atoms. The second-order valence-corrected chi connectivity index (χ2v) is 5.90. The lowest BCUT2D eigenvalue weighted by molar-refractivity contribution is 0.0889. The largest absolute Gasteiger partial charge is 0.398 e. The number of nitrogens with one attached hydrogen (secondary N) is 1. The maximum Gasteiger partial charge on any atom is 0.252 e. The van der Waals surface area contributed by atoms with Crippen LogP contribution in [0.2, 0.25) is 0 Å². The van der Waals surface area contributed by atoms with Crippen molar-refractivity contribution in [3.63, 3.8) is 0 Å². The zero-order valence-corrected chi connectivity index (χ0v) is 12.1. The molecule has 1 unspecified atom stereocenters. The summed E-state index contributed by atoms with van der Waals surface area (Å²) < 4.78 is 6.13. The zero-order chi connectivity index (χ0) is 13.3. The molecule has 18 heavy (non-hydrogen) atoms. The summed E-state index contributed by atoms with van der Waals surface area (Å²) >= 11 is 3.36. The molecule has 1 heterocycles. The molecule has 0 radical (unpaired) electrons. The van der Waals surface area contributed by atoms with E-state index in [4.69, 9.17) is 10.5 Å². The molecule has 1 saturated heterocycles. The van der Waals surface area contributed by atoms with Gasteiger partial charge in [0.25, 0.3) is 5.91 Å². The van der Waals surface area contributed by atoms with E-state index in [1.54, 1.807) is 12.1 Å². The number of benzene rings is 1. The lowest BCUT2D eigenvalue weighted by atomic mass is 9.99. The zero-order valence-electron chi connectivity index (χ0n) is 10.5. The van der Waals surface area contributed by atoms with Gasteiger partial charge in [-0.15, -0.1) is 0 Å². The van der Waals surface area contributed by atoms with E-state index in [1.165, 1.54) is 0 Å². The smallest absolute Gasteiger partial charge is 0.252 e. The van der Waals surface area contributed by atoms with Crippen molar-refractivity contribution in [2.75, 3.05) is 18.9 Å². The standard InChI is InChI=1S/C13H17BrN2O2/c1-8-10(5-9(14)6-11(8)15)12(17)16-13(2)3-4-18-7-13/h5-6H,3-4,7,15H2,1-2H3,(H,16,17). The Morgan fingerprint density at radius 2 is 2.28 bits per heavy atom. The van der Waals surface area contributed by atoms with E-state index in [0.29, 0.717) is 24.5 Å². The predicted molar refractivity (Wildman–Crippen MR) is 74.6 cm³/mol. The van der Waals surface area contributed by atoms with Gasteiger partial charge in [-0.05, 0) is 38.0 Å². The first-order chi connectivity index (χ1) is 8.41. The van der Waals surface area contributed by atoms with Gasteiger partial charge in [-0.1, -0.05) is 15.9 Å². The quantitative estimate of drug-likeness (QED) is 0.823. The second kappa shape index (κ2) is 4.90. The van der Waals surface area contributed by atoms with Crippen molar-refractivity contribution in [3.05, 3.63) is 27.7 Å². The van der Waals surface area contributed by atoms with Crippen LogP contribution in [0.1, 0.15) is 29.3 Å². The van der Waals surface area contributed by atoms with Gasteiger partial charge in [0.1, 0.15) is 0 Å². The Morgan fingerprint density at radius 1 is 1.56 bits per heavy atom. The molecule has 1 atom stereocenters. The van der Waals surface area contributed by atoms with Crippen molar-refractivity contribution >= 4 is 27.5 Å². The van der Waals surface area contributed by atoms with Gasteiger partial charge in [-0.2, -0.15) is 0 Å². The van der Waals surface area contributed by atoms with E-state index < -0.39 is 0 Å². The van der Waals surface area contributed by atoms with E-state index in [1.807, 2.05) is 13.8 Å². The number of hydrogen-bond donors (Lipinski definition) is 2. The average molecular weight is 313 g/mol. The Hall–Kier alpha value is -1.07. The molecule has 2 rings (SSSR count). The third kappa shape index (κ3) is 2.67. The highest BCUT2D eigenvalue weighted by Crippen LogP contribution is 2.24. The highest BCUT2D eigenvalue weighted by molar-refractivity contribution is 9.10. The maximum absolute atomic E-state index is 12.3. The van der Waals surface area contributed by atoms with Crippen LogP contribution in [0, 0.1) is 6.92 Å². The van der Waals surface area contributed by atoms with E-state index in [-0.39, 0.29) is 11.4 Å². The molecular weight excluding hydrogens is 296 g/mol. The molecule has 1 aromatic rings. The van der Waals surface area contributed by atoms with Crippen LogP contribution in [0.25, 0.3) is 0 Å². The van der Waals surface area contributed by atoms with Gasteiger partial charge in [0.2, 0.25) is 0 Å². The lowest BCUT2D eigenvalue weighted by Gasteiger charge is -2.24. The summed E-state index contributed by atoms with van der Waals surface area (Å²) in [5.41, 5.74) is 7.61. The molecule has 98 valence electrons. The molecular formula is C13H17BrN2O2. The van der Waals surface area contributed by atoms with E-state index >= 15 is 0 Å². The maximum atomic E-state index is 12.3. The Morgan fingerprint density at radius 3 is 2.89 bits per heavy atom. The first-order valence-corrected chi connectivity index (χ1v) is 6.66. The highest BCUT2D eigenvalue weighted by Gasteiger charge is 2.32. The van der Waals surface area contributed by atoms with Crippen LogP contribution in [-0.2, 0) is 4.74 Å². The molecule has 0 aromatic heterocycles. The summed E-state index contributed by atoms with van der Waals surface area (Å²) in [6.07, 6.45) is 0.835. The minimum atomic E-state index is -0.277. The van der Waals surface area contributed by atoms with Gasteiger partial charge in [0, 0.05) is 22.3 Å². The van der Waals surface area contributed by atoms with Crippen LogP contribution >= 0.6 is 15.9 Å². The number of amides is 1. The molecule has 1 aromatic carbocycles. The lowest BCUT2D eigenvalue weighted by Crippen LogP contribution is -2.46. The van der Waals surface area contributed by atoms with Crippen LogP contribution in [0.3, 0.4) is 0 Å². The monoisotopic (exact) mass is 312 g/mol. The minimum Gasteiger partial charge on any atom is -0.398 e. The second-order valence-electron chi connectivity index (χ2n) is 4.98. The Bertz CT molecular complexity index is 482. The molecule has 1 amide bonds. The van der Waals surface area contributed by atoms with Gasteiger partial charge < -0.3 is 15.8 Å². The molecule has 0 saturated carbocycles. The van der Waals surface area contributed by atoms with Gasteiger partial charge >= 0.3 is 0 Å². The van der Waals surface area contributed by atoms with Crippen molar-refractivity contribution in [1.82, 2.24) is 5.32 Å². The number of halogens is 1. The van der Waals surface area contributed by atoms with Gasteiger partial charge in [-0.25, -0.2) is 0 Å². The van der Waals surface area contributed by atoms with Crippen molar-refractivity contribution in [2.24, 2.45) is 0 Å². The molecule has 5 heteroatoms. The molecule has 0 aliphatic carbocycles. The molecule has 1 fully saturated rings. The molecule has 4 nitrogen and oxygen atoms in total. The number of rotatable bonds is 2. The number of hydrogen-bond acceptors (Lipinski definition) is 3. The number of ether oxygens (including phenoxy) is 1. The fraction of sp³-hybridized carbons (Fsp3) is 0.462. The summed E-state index contributed by atoms with van der Waals surface area (Å²) in [6.45, 7) is 5.09. The minimum absolute atomic E-state index is 0.103. The fourth-order valence-corrected chi connectivity index (χ4v) is 2.52. The number of carbonyl (C=O) groups is 1.